The van der Waals surface area contributed by atoms with Gasteiger partial charge >= 0.3 is 0 Å². The molecule has 0 saturated heterocycles. The molecule has 5 nitrogen and oxygen atoms in total. The van der Waals surface area contributed by atoms with Gasteiger partial charge in [0.25, 0.3) is 0 Å². The minimum atomic E-state index is -0.0556. The number of aromatic amines is 1. The van der Waals surface area contributed by atoms with Gasteiger partial charge in [0, 0.05) is 52.1 Å². The Morgan fingerprint density at radius 1 is 1.29 bits per heavy atom. The maximum absolute atomic E-state index is 11.1. The highest BCUT2D eigenvalue weighted by molar-refractivity contribution is 6.34. The molecule has 2 N–H and O–H groups in total. The van der Waals surface area contributed by atoms with E-state index in [0.29, 0.717) is 11.6 Å². The molecule has 1 aromatic carbocycles. The third-order valence-electron chi connectivity index (χ3n) is 4.00. The molecular formula is C18H15ClN4O. The van der Waals surface area contributed by atoms with Crippen LogP contribution in [0.5, 0.6) is 0 Å². The lowest BCUT2D eigenvalue weighted by molar-refractivity contribution is -0.119. The largest absolute Gasteiger partial charge is 0.357 e. The van der Waals surface area contributed by atoms with E-state index in [0.717, 1.165) is 33.2 Å². The van der Waals surface area contributed by atoms with Gasteiger partial charge in [0.1, 0.15) is 0 Å². The molecule has 0 saturated carbocycles. The van der Waals surface area contributed by atoms with Crippen LogP contribution in [0, 0.1) is 0 Å². The number of rotatable bonds is 3. The summed E-state index contributed by atoms with van der Waals surface area (Å²) >= 11 is 6.49. The van der Waals surface area contributed by atoms with Crippen molar-refractivity contribution in [1.82, 2.24) is 19.9 Å². The molecule has 0 spiro atoms. The number of carbonyl (C=O) groups excluding carboxylic acids is 1. The zero-order chi connectivity index (χ0) is 16.7. The van der Waals surface area contributed by atoms with Gasteiger partial charge in [-0.1, -0.05) is 17.7 Å². The maximum atomic E-state index is 11.1. The first-order valence-electron chi connectivity index (χ1n) is 7.59. The molecule has 0 atom stereocenters. The van der Waals surface area contributed by atoms with Crippen molar-refractivity contribution in [2.45, 2.75) is 13.5 Å². The molecule has 0 unspecified atom stereocenters. The highest BCUT2D eigenvalue weighted by atomic mass is 35.5. The molecule has 0 aliphatic heterocycles. The Balaban J connectivity index is 1.77. The number of benzene rings is 1. The second-order valence-electron chi connectivity index (χ2n) is 5.74. The SMILES string of the molecule is CC(=O)NCc1cc2cc(Cl)c(-c3ccc4ccnn4c3)cc2[nH]1. The van der Waals surface area contributed by atoms with Crippen LogP contribution >= 0.6 is 11.6 Å². The molecule has 1 amide bonds. The van der Waals surface area contributed by atoms with Gasteiger partial charge in [0.2, 0.25) is 5.91 Å². The summed E-state index contributed by atoms with van der Waals surface area (Å²) in [6.45, 7) is 1.97. The fraction of sp³-hybridized carbons (Fsp3) is 0.111. The Labute approximate surface area is 143 Å². The first-order chi connectivity index (χ1) is 11.6. The molecule has 0 radical (unpaired) electrons. The lowest BCUT2D eigenvalue weighted by Gasteiger charge is -2.06. The van der Waals surface area contributed by atoms with Crippen LogP contribution in [0.15, 0.2) is 48.8 Å². The minimum Gasteiger partial charge on any atom is -0.357 e. The number of amides is 1. The van der Waals surface area contributed by atoms with Gasteiger partial charge in [-0.15, -0.1) is 0 Å². The van der Waals surface area contributed by atoms with Crippen molar-refractivity contribution >= 4 is 33.9 Å². The maximum Gasteiger partial charge on any atom is 0.217 e. The van der Waals surface area contributed by atoms with Gasteiger partial charge in [0.05, 0.1) is 12.1 Å². The predicted octanol–water partition coefficient (Wildman–Crippen LogP) is 3.77. The number of H-pyrrole nitrogens is 1. The molecular weight excluding hydrogens is 324 g/mol. The van der Waals surface area contributed by atoms with Crippen LogP contribution in [0.25, 0.3) is 27.5 Å². The standard InChI is InChI=1S/C18H15ClN4O/c1-11(24)20-9-14-6-13-7-17(19)16(8-18(13)22-14)12-2-3-15-4-5-21-23(15)10-12/h2-8,10,22H,9H2,1H3,(H,20,24). The van der Waals surface area contributed by atoms with Crippen molar-refractivity contribution in [1.29, 1.82) is 0 Å². The Hall–Kier alpha value is -2.79. The van der Waals surface area contributed by atoms with E-state index in [2.05, 4.69) is 15.4 Å². The van der Waals surface area contributed by atoms with Crippen LogP contribution in [-0.4, -0.2) is 20.5 Å². The third kappa shape index (κ3) is 2.63. The molecule has 0 bridgehead atoms. The summed E-state index contributed by atoms with van der Waals surface area (Å²) in [6, 6.07) is 12.0. The number of aromatic nitrogens is 3. The predicted molar refractivity (Wildman–Crippen MR) is 95.0 cm³/mol. The smallest absolute Gasteiger partial charge is 0.217 e. The molecule has 3 aromatic heterocycles. The van der Waals surface area contributed by atoms with E-state index in [1.165, 1.54) is 6.92 Å². The number of nitrogens with one attached hydrogen (secondary N) is 2. The molecule has 0 aliphatic carbocycles. The van der Waals surface area contributed by atoms with Crippen LogP contribution in [-0.2, 0) is 11.3 Å². The molecule has 120 valence electrons. The Kier molecular flexibility index (Phi) is 3.50. The highest BCUT2D eigenvalue weighted by Gasteiger charge is 2.09. The molecule has 6 heteroatoms. The van der Waals surface area contributed by atoms with Crippen LogP contribution in [0.1, 0.15) is 12.6 Å². The number of hydrogen-bond acceptors (Lipinski definition) is 2. The van der Waals surface area contributed by atoms with E-state index in [1.807, 2.05) is 47.1 Å². The van der Waals surface area contributed by atoms with Crippen molar-refractivity contribution in [3.63, 3.8) is 0 Å². The molecule has 3 heterocycles. The summed E-state index contributed by atoms with van der Waals surface area (Å²) in [5.74, 6) is -0.0556. The third-order valence-corrected chi connectivity index (χ3v) is 4.31. The van der Waals surface area contributed by atoms with Crippen LogP contribution in [0.3, 0.4) is 0 Å². The second kappa shape index (κ2) is 5.69. The summed E-state index contributed by atoms with van der Waals surface area (Å²) in [5.41, 5.74) is 4.89. The Morgan fingerprint density at radius 3 is 3.00 bits per heavy atom. The lowest BCUT2D eigenvalue weighted by atomic mass is 10.1. The van der Waals surface area contributed by atoms with E-state index >= 15 is 0 Å². The van der Waals surface area contributed by atoms with Gasteiger partial charge in [-0.2, -0.15) is 5.10 Å². The minimum absolute atomic E-state index is 0.0556. The number of halogens is 1. The summed E-state index contributed by atoms with van der Waals surface area (Å²) in [6.07, 6.45) is 3.73. The van der Waals surface area contributed by atoms with Gasteiger partial charge in [-0.3, -0.25) is 4.79 Å². The molecule has 24 heavy (non-hydrogen) atoms. The highest BCUT2D eigenvalue weighted by Crippen LogP contribution is 2.32. The summed E-state index contributed by atoms with van der Waals surface area (Å²) in [5, 5.41) is 8.75. The fourth-order valence-corrected chi connectivity index (χ4v) is 3.10. The van der Waals surface area contributed by atoms with Crippen molar-refractivity contribution in [2.24, 2.45) is 0 Å². The summed E-state index contributed by atoms with van der Waals surface area (Å²) in [7, 11) is 0. The molecule has 4 rings (SSSR count). The van der Waals surface area contributed by atoms with Crippen LogP contribution < -0.4 is 5.32 Å². The van der Waals surface area contributed by atoms with E-state index in [1.54, 1.807) is 6.20 Å². The number of carbonyl (C=O) groups is 1. The van der Waals surface area contributed by atoms with Gasteiger partial charge < -0.3 is 10.3 Å². The monoisotopic (exact) mass is 338 g/mol. The topological polar surface area (TPSA) is 62.2 Å². The average molecular weight is 339 g/mol. The molecule has 0 fully saturated rings. The van der Waals surface area contributed by atoms with E-state index in [-0.39, 0.29) is 5.91 Å². The zero-order valence-electron chi connectivity index (χ0n) is 13.0. The molecule has 0 aliphatic rings. The van der Waals surface area contributed by atoms with Crippen LogP contribution in [0.4, 0.5) is 0 Å². The number of pyridine rings is 1. The Bertz CT molecular complexity index is 1060. The number of hydrogen-bond donors (Lipinski definition) is 2. The van der Waals surface area contributed by atoms with E-state index in [4.69, 9.17) is 11.6 Å². The lowest BCUT2D eigenvalue weighted by Crippen LogP contribution is -2.18. The van der Waals surface area contributed by atoms with Crippen molar-refractivity contribution < 1.29 is 4.79 Å². The van der Waals surface area contributed by atoms with Crippen molar-refractivity contribution in [3.05, 3.63) is 59.5 Å². The summed E-state index contributed by atoms with van der Waals surface area (Å²) < 4.78 is 1.83. The van der Waals surface area contributed by atoms with E-state index in [9.17, 15) is 4.79 Å². The zero-order valence-corrected chi connectivity index (χ0v) is 13.8. The van der Waals surface area contributed by atoms with Gasteiger partial charge in [0.15, 0.2) is 0 Å². The average Bonchev–Trinajstić information content (AvgIpc) is 3.17. The molecule has 4 aromatic rings. The van der Waals surface area contributed by atoms with Gasteiger partial charge in [-0.05, 0) is 30.3 Å². The van der Waals surface area contributed by atoms with Gasteiger partial charge in [-0.25, -0.2) is 4.52 Å². The number of nitrogens with zero attached hydrogens (tertiary/aromatic N) is 2. The quantitative estimate of drug-likeness (QED) is 0.597. The van der Waals surface area contributed by atoms with Crippen molar-refractivity contribution in [3.8, 4) is 11.1 Å². The van der Waals surface area contributed by atoms with Crippen molar-refractivity contribution in [2.75, 3.05) is 0 Å². The first-order valence-corrected chi connectivity index (χ1v) is 7.97. The van der Waals surface area contributed by atoms with E-state index < -0.39 is 0 Å². The summed E-state index contributed by atoms with van der Waals surface area (Å²) in [4.78, 5) is 14.4. The van der Waals surface area contributed by atoms with Crippen LogP contribution in [0.2, 0.25) is 5.02 Å². The second-order valence-corrected chi connectivity index (χ2v) is 6.15. The Morgan fingerprint density at radius 2 is 2.17 bits per heavy atom. The first kappa shape index (κ1) is 14.8. The normalized spacial score (nSPS) is 11.2. The fourth-order valence-electron chi connectivity index (χ4n) is 2.82. The number of fused-ring (bicyclic) bond motifs is 2.